The third kappa shape index (κ3) is 7.90. The molecule has 0 N–H and O–H groups in total. The zero-order valence-corrected chi connectivity index (χ0v) is 44.3. The van der Waals surface area contributed by atoms with Crippen LogP contribution in [0.4, 0.5) is 34.1 Å². The van der Waals surface area contributed by atoms with Gasteiger partial charge in [0.05, 0.1) is 0 Å². The Morgan fingerprint density at radius 2 is 0.754 bits per heavy atom. The summed E-state index contributed by atoms with van der Waals surface area (Å²) in [6.07, 6.45) is 0. The first-order valence-electron chi connectivity index (χ1n) is 25.1. The molecule has 8 aromatic carbocycles. The van der Waals surface area contributed by atoms with E-state index in [0.717, 1.165) is 0 Å². The third-order valence-corrected chi connectivity index (χ3v) is 19.8. The first-order valence-corrected chi connectivity index (χ1v) is 27.1. The second kappa shape index (κ2) is 16.7. The standard InChI is InChI=1S/C65H69BN2Si/c1-44-39-59-61-60(40-44)68(56-38-35-52(43-53(56)65(11,12)13)69(49-23-17-14-18-24-49,50-25-19-15-20-26-50)51-27-21-16-22-28-51)58-37-32-47(64(8,9)10)42-55(58)66(61)54-41-46(63(5,6)7)31-36-57(54)67(59)48-33-29-45(30-34-48)62(2,3)4/h14-43H,1-13H3. The number of fused-ring (bicyclic) bond motifs is 4. The highest BCUT2D eigenvalue weighted by atomic mass is 28.3. The fraction of sp³-hybridized carbons (Fsp3) is 0.262. The fourth-order valence-electron chi connectivity index (χ4n) is 11.4. The van der Waals surface area contributed by atoms with Crippen LogP contribution in [-0.2, 0) is 21.7 Å². The van der Waals surface area contributed by atoms with E-state index in [9.17, 15) is 0 Å². The Labute approximate surface area is 415 Å². The molecule has 0 saturated carbocycles. The molecule has 69 heavy (non-hydrogen) atoms. The van der Waals surface area contributed by atoms with Crippen molar-refractivity contribution < 1.29 is 0 Å². The molecule has 2 aliphatic rings. The van der Waals surface area contributed by atoms with E-state index in [1.165, 1.54) is 99.1 Å². The summed E-state index contributed by atoms with van der Waals surface area (Å²) in [5.41, 5.74) is 17.9. The van der Waals surface area contributed by atoms with E-state index < -0.39 is 8.07 Å². The molecule has 2 heterocycles. The van der Waals surface area contributed by atoms with E-state index in [1.807, 2.05) is 0 Å². The van der Waals surface area contributed by atoms with Gasteiger partial charge in [0.1, 0.15) is 0 Å². The molecular weight excluding hydrogens is 848 g/mol. The summed E-state index contributed by atoms with van der Waals surface area (Å²) in [6.45, 7) is 30.5. The number of anilines is 6. The van der Waals surface area contributed by atoms with Gasteiger partial charge < -0.3 is 9.80 Å². The topological polar surface area (TPSA) is 6.48 Å². The van der Waals surface area contributed by atoms with Crippen LogP contribution >= 0.6 is 0 Å². The SMILES string of the molecule is Cc1cc2c3c(c1)N(c1ccc([Si](c4ccccc4)(c4ccccc4)c4ccccc4)cc1C(C)(C)C)c1ccc(C(C)(C)C)cc1B3c1cc(C(C)(C)C)ccc1N2c1ccc(C(C)(C)C)cc1. The normalized spacial score (nSPS) is 13.8. The summed E-state index contributed by atoms with van der Waals surface area (Å²) < 4.78 is 0. The molecule has 10 rings (SSSR count). The molecule has 4 heteroatoms. The highest BCUT2D eigenvalue weighted by Gasteiger charge is 2.46. The summed E-state index contributed by atoms with van der Waals surface area (Å²) in [6, 6.07) is 70.7. The molecule has 0 atom stereocenters. The van der Waals surface area contributed by atoms with E-state index >= 15 is 0 Å². The van der Waals surface area contributed by atoms with Gasteiger partial charge in [0.2, 0.25) is 0 Å². The molecular formula is C65H69BN2Si. The van der Waals surface area contributed by atoms with E-state index in [-0.39, 0.29) is 28.4 Å². The largest absolute Gasteiger partial charge is 0.311 e. The summed E-state index contributed by atoms with van der Waals surface area (Å²) in [4.78, 5) is 5.23. The lowest BCUT2D eigenvalue weighted by Gasteiger charge is -2.46. The number of aryl methyl sites for hydroxylation is 1. The molecule has 0 radical (unpaired) electrons. The van der Waals surface area contributed by atoms with Gasteiger partial charge in [0.25, 0.3) is 6.71 Å². The zero-order chi connectivity index (χ0) is 48.8. The molecule has 0 aliphatic carbocycles. The molecule has 0 amide bonds. The van der Waals surface area contributed by atoms with E-state index in [4.69, 9.17) is 0 Å². The van der Waals surface area contributed by atoms with Gasteiger partial charge in [0.15, 0.2) is 8.07 Å². The molecule has 0 aromatic heterocycles. The van der Waals surface area contributed by atoms with Gasteiger partial charge in [-0.25, -0.2) is 0 Å². The molecule has 0 fully saturated rings. The molecule has 0 spiro atoms. The highest BCUT2D eigenvalue weighted by molar-refractivity contribution is 7.20. The van der Waals surface area contributed by atoms with Crippen LogP contribution in [0.3, 0.4) is 0 Å². The maximum Gasteiger partial charge on any atom is 0.252 e. The lowest BCUT2D eigenvalue weighted by molar-refractivity contribution is 0.590. The average Bonchev–Trinajstić information content (AvgIpc) is 3.31. The van der Waals surface area contributed by atoms with Gasteiger partial charge >= 0.3 is 0 Å². The predicted molar refractivity (Wildman–Crippen MR) is 304 cm³/mol. The van der Waals surface area contributed by atoms with Crippen LogP contribution in [0, 0.1) is 6.92 Å². The van der Waals surface area contributed by atoms with Crippen molar-refractivity contribution in [2.75, 3.05) is 9.80 Å². The Balaban J connectivity index is 1.30. The van der Waals surface area contributed by atoms with Crippen LogP contribution in [-0.4, -0.2) is 14.8 Å². The van der Waals surface area contributed by atoms with Gasteiger partial charge in [-0.1, -0.05) is 223 Å². The van der Waals surface area contributed by atoms with Crippen molar-refractivity contribution in [2.45, 2.75) is 112 Å². The maximum absolute atomic E-state index is 2.83. The Morgan fingerprint density at radius 3 is 1.19 bits per heavy atom. The van der Waals surface area contributed by atoms with Crippen molar-refractivity contribution in [3.63, 3.8) is 0 Å². The van der Waals surface area contributed by atoms with Crippen LogP contribution in [0.2, 0.25) is 0 Å². The monoisotopic (exact) mass is 917 g/mol. The summed E-state index contributed by atoms with van der Waals surface area (Å²) in [5.74, 6) is 0. The Morgan fingerprint density at radius 1 is 0.348 bits per heavy atom. The van der Waals surface area contributed by atoms with Gasteiger partial charge in [-0.15, -0.1) is 0 Å². The summed E-state index contributed by atoms with van der Waals surface area (Å²) in [7, 11) is -2.83. The highest BCUT2D eigenvalue weighted by Crippen LogP contribution is 2.48. The average molecular weight is 917 g/mol. The number of benzene rings is 8. The Bertz CT molecular complexity index is 3100. The first-order chi connectivity index (χ1) is 32.7. The lowest BCUT2D eigenvalue weighted by Crippen LogP contribution is -2.74. The fourth-order valence-corrected chi connectivity index (χ4v) is 16.1. The van der Waals surface area contributed by atoms with Crippen molar-refractivity contribution >= 4 is 86.0 Å². The van der Waals surface area contributed by atoms with Crippen molar-refractivity contribution in [3.8, 4) is 0 Å². The van der Waals surface area contributed by atoms with Crippen LogP contribution < -0.4 is 46.9 Å². The van der Waals surface area contributed by atoms with Crippen LogP contribution in [0.1, 0.15) is 111 Å². The first kappa shape index (κ1) is 46.4. The number of rotatable bonds is 6. The van der Waals surface area contributed by atoms with Crippen molar-refractivity contribution in [1.29, 1.82) is 0 Å². The molecule has 0 saturated heterocycles. The molecule has 2 nitrogen and oxygen atoms in total. The minimum Gasteiger partial charge on any atom is -0.311 e. The minimum absolute atomic E-state index is 0.0253. The maximum atomic E-state index is 2.66. The molecule has 0 unspecified atom stereocenters. The minimum atomic E-state index is -2.83. The number of nitrogens with zero attached hydrogens (tertiary/aromatic N) is 2. The lowest BCUT2D eigenvalue weighted by atomic mass is 9.33. The number of hydrogen-bond acceptors (Lipinski definition) is 2. The van der Waals surface area contributed by atoms with Gasteiger partial charge in [-0.2, -0.15) is 0 Å². The molecule has 346 valence electrons. The predicted octanol–water partition coefficient (Wildman–Crippen LogP) is 12.6. The van der Waals surface area contributed by atoms with Gasteiger partial charge in [-0.3, -0.25) is 0 Å². The Kier molecular flexibility index (Phi) is 11.2. The van der Waals surface area contributed by atoms with E-state index in [0.29, 0.717) is 0 Å². The smallest absolute Gasteiger partial charge is 0.252 e. The van der Waals surface area contributed by atoms with Crippen LogP contribution in [0.15, 0.2) is 182 Å². The second-order valence-electron chi connectivity index (χ2n) is 24.0. The molecule has 2 aliphatic heterocycles. The summed E-state index contributed by atoms with van der Waals surface area (Å²) in [5, 5.41) is 5.53. The van der Waals surface area contributed by atoms with Crippen LogP contribution in [0.5, 0.6) is 0 Å². The van der Waals surface area contributed by atoms with Crippen molar-refractivity contribution in [1.82, 2.24) is 0 Å². The van der Waals surface area contributed by atoms with E-state index in [2.05, 4.69) is 282 Å². The third-order valence-electron chi connectivity index (χ3n) is 15.0. The van der Waals surface area contributed by atoms with Crippen molar-refractivity contribution in [2.24, 2.45) is 0 Å². The Hall–Kier alpha value is -6.36. The van der Waals surface area contributed by atoms with Crippen LogP contribution in [0.25, 0.3) is 0 Å². The van der Waals surface area contributed by atoms with E-state index in [1.54, 1.807) is 0 Å². The molecule has 8 aromatic rings. The van der Waals surface area contributed by atoms with Gasteiger partial charge in [0, 0.05) is 34.1 Å². The number of hydrogen-bond donors (Lipinski definition) is 0. The van der Waals surface area contributed by atoms with Gasteiger partial charge in [-0.05, 0) is 136 Å². The van der Waals surface area contributed by atoms with Crippen molar-refractivity contribution in [3.05, 3.63) is 210 Å². The zero-order valence-electron chi connectivity index (χ0n) is 43.3. The summed E-state index contributed by atoms with van der Waals surface area (Å²) >= 11 is 0. The quantitative estimate of drug-likeness (QED) is 0.121. The second-order valence-corrected chi connectivity index (χ2v) is 27.8. The molecule has 0 bridgehead atoms.